The number of amides is 2. The van der Waals surface area contributed by atoms with E-state index < -0.39 is 0 Å². The topological polar surface area (TPSA) is 97.2 Å². The normalized spacial score (nSPS) is 20.1. The number of allylic oxidation sites excluding steroid dienone is 1. The molecule has 7 nitrogen and oxygen atoms in total. The minimum Gasteiger partial charge on any atom is -0.462 e. The summed E-state index contributed by atoms with van der Waals surface area (Å²) in [7, 11) is 0. The SMILES string of the molecule is CCOC(=O)c1c(NC(=O)CSC2=NC(=O)C3C(=N2)SC(C)=C3C)sc2c1CCCC2. The number of hydrogen-bond donors (Lipinski definition) is 1. The van der Waals surface area contributed by atoms with Crippen LogP contribution >= 0.6 is 34.9 Å². The first-order valence-corrected chi connectivity index (χ1v) is 12.8. The quantitative estimate of drug-likeness (QED) is 0.630. The Bertz CT molecular complexity index is 1050. The number of hydrogen-bond acceptors (Lipinski definition) is 8. The Labute approximate surface area is 193 Å². The van der Waals surface area contributed by atoms with Gasteiger partial charge in [-0.15, -0.1) is 11.3 Å². The highest BCUT2D eigenvalue weighted by molar-refractivity contribution is 8.18. The average molecular weight is 478 g/mol. The molecule has 2 amide bonds. The van der Waals surface area contributed by atoms with Gasteiger partial charge < -0.3 is 10.1 Å². The zero-order valence-corrected chi connectivity index (χ0v) is 20.0. The molecule has 31 heavy (non-hydrogen) atoms. The van der Waals surface area contributed by atoms with Gasteiger partial charge in [0.2, 0.25) is 5.91 Å². The summed E-state index contributed by atoms with van der Waals surface area (Å²) < 4.78 is 5.23. The summed E-state index contributed by atoms with van der Waals surface area (Å²) in [5, 5.41) is 4.45. The van der Waals surface area contributed by atoms with Crippen LogP contribution in [-0.2, 0) is 27.2 Å². The Kier molecular flexibility index (Phi) is 6.68. The van der Waals surface area contributed by atoms with E-state index in [-0.39, 0.29) is 36.1 Å². The second kappa shape index (κ2) is 9.30. The van der Waals surface area contributed by atoms with E-state index in [1.54, 1.807) is 6.92 Å². The monoisotopic (exact) mass is 477 g/mol. The highest BCUT2D eigenvalue weighted by Gasteiger charge is 2.37. The minimum absolute atomic E-state index is 0.0501. The van der Waals surface area contributed by atoms with Gasteiger partial charge in [0.05, 0.1) is 23.0 Å². The van der Waals surface area contributed by atoms with Gasteiger partial charge in [-0.25, -0.2) is 9.79 Å². The number of aliphatic imine (C=N–C) groups is 2. The maximum atomic E-state index is 12.6. The van der Waals surface area contributed by atoms with Crippen LogP contribution in [0.3, 0.4) is 0 Å². The van der Waals surface area contributed by atoms with Crippen LogP contribution in [0.4, 0.5) is 5.00 Å². The third-order valence-electron chi connectivity index (χ3n) is 5.39. The number of aryl methyl sites for hydroxylation is 1. The molecule has 4 rings (SSSR count). The highest BCUT2D eigenvalue weighted by atomic mass is 32.2. The summed E-state index contributed by atoms with van der Waals surface area (Å²) in [5.41, 5.74) is 2.49. The molecule has 10 heteroatoms. The fourth-order valence-corrected chi connectivity index (χ4v) is 6.89. The Morgan fingerprint density at radius 1 is 1.23 bits per heavy atom. The van der Waals surface area contributed by atoms with Gasteiger partial charge in [-0.2, -0.15) is 4.99 Å². The van der Waals surface area contributed by atoms with Gasteiger partial charge in [-0.1, -0.05) is 23.5 Å². The Hall–Kier alpha value is -1.91. The number of nitrogens with zero attached hydrogens (tertiary/aromatic N) is 2. The largest absolute Gasteiger partial charge is 0.462 e. The van der Waals surface area contributed by atoms with Gasteiger partial charge >= 0.3 is 5.97 Å². The van der Waals surface area contributed by atoms with E-state index in [2.05, 4.69) is 15.3 Å². The van der Waals surface area contributed by atoms with Crippen LogP contribution in [0, 0.1) is 5.92 Å². The lowest BCUT2D eigenvalue weighted by atomic mass is 9.95. The third kappa shape index (κ3) is 4.51. The predicted octanol–water partition coefficient (Wildman–Crippen LogP) is 4.43. The minimum atomic E-state index is -0.388. The molecule has 164 valence electrons. The van der Waals surface area contributed by atoms with Gasteiger partial charge in [0.25, 0.3) is 5.91 Å². The van der Waals surface area contributed by atoms with Gasteiger partial charge in [0.15, 0.2) is 5.17 Å². The lowest BCUT2D eigenvalue weighted by Crippen LogP contribution is -2.24. The summed E-state index contributed by atoms with van der Waals surface area (Å²) in [6.07, 6.45) is 3.85. The Balaban J connectivity index is 1.44. The molecule has 0 fully saturated rings. The summed E-state index contributed by atoms with van der Waals surface area (Å²) in [6.45, 7) is 5.95. The average Bonchev–Trinajstić information content (AvgIpc) is 3.23. The zero-order valence-electron chi connectivity index (χ0n) is 17.6. The van der Waals surface area contributed by atoms with Crippen molar-refractivity contribution in [3.05, 3.63) is 26.5 Å². The molecule has 2 aliphatic heterocycles. The Morgan fingerprint density at radius 2 is 2.00 bits per heavy atom. The van der Waals surface area contributed by atoms with E-state index in [0.717, 1.165) is 63.4 Å². The number of carbonyl (C=O) groups excluding carboxylic acids is 3. The van der Waals surface area contributed by atoms with Crippen molar-refractivity contribution in [3.8, 4) is 0 Å². The molecule has 0 aromatic carbocycles. The number of amidine groups is 1. The molecule has 1 aliphatic carbocycles. The standard InChI is InChI=1S/C21H23N3O4S3/c1-4-28-20(27)16-12-7-5-6-8-13(12)31-19(16)22-14(25)9-29-21-23-17(26)15-10(2)11(3)30-18(15)24-21/h15H,4-9H2,1-3H3,(H,22,25). The van der Waals surface area contributed by atoms with Crippen molar-refractivity contribution in [3.63, 3.8) is 0 Å². The maximum absolute atomic E-state index is 12.6. The van der Waals surface area contributed by atoms with Gasteiger partial charge in [0, 0.05) is 4.88 Å². The predicted molar refractivity (Wildman–Crippen MR) is 127 cm³/mol. The number of carbonyl (C=O) groups is 3. The van der Waals surface area contributed by atoms with Crippen molar-refractivity contribution < 1.29 is 19.1 Å². The lowest BCUT2D eigenvalue weighted by Gasteiger charge is -2.14. The van der Waals surface area contributed by atoms with Crippen molar-refractivity contribution >= 4 is 67.9 Å². The van der Waals surface area contributed by atoms with Crippen molar-refractivity contribution in [1.29, 1.82) is 0 Å². The van der Waals surface area contributed by atoms with E-state index in [1.807, 2.05) is 13.8 Å². The summed E-state index contributed by atoms with van der Waals surface area (Å²) in [4.78, 5) is 48.3. The number of anilines is 1. The second-order valence-electron chi connectivity index (χ2n) is 7.43. The third-order valence-corrected chi connectivity index (χ3v) is 8.61. The van der Waals surface area contributed by atoms with Crippen LogP contribution < -0.4 is 5.32 Å². The smallest absolute Gasteiger partial charge is 0.341 e. The highest BCUT2D eigenvalue weighted by Crippen LogP contribution is 2.41. The fraction of sp³-hybridized carbons (Fsp3) is 0.476. The van der Waals surface area contributed by atoms with Crippen molar-refractivity contribution in [1.82, 2.24) is 0 Å². The van der Waals surface area contributed by atoms with Crippen LogP contribution in [-0.4, -0.2) is 40.4 Å². The second-order valence-corrected chi connectivity index (χ2v) is 10.7. The fourth-order valence-electron chi connectivity index (χ4n) is 3.77. The number of esters is 1. The van der Waals surface area contributed by atoms with Crippen LogP contribution in [0.2, 0.25) is 0 Å². The summed E-state index contributed by atoms with van der Waals surface area (Å²) in [5.74, 6) is -1.20. The molecule has 0 saturated carbocycles. The van der Waals surface area contributed by atoms with Gasteiger partial charge in [-0.3, -0.25) is 9.59 Å². The number of ether oxygens (including phenoxy) is 1. The van der Waals surface area contributed by atoms with E-state index >= 15 is 0 Å². The van der Waals surface area contributed by atoms with Crippen LogP contribution in [0.15, 0.2) is 20.5 Å². The van der Waals surface area contributed by atoms with E-state index in [0.29, 0.717) is 15.7 Å². The lowest BCUT2D eigenvalue weighted by molar-refractivity contribution is -0.118. The van der Waals surface area contributed by atoms with Crippen LogP contribution in [0.25, 0.3) is 0 Å². The molecular formula is C21H23N3O4S3. The van der Waals surface area contributed by atoms with Crippen LogP contribution in [0.1, 0.15) is 54.4 Å². The zero-order chi connectivity index (χ0) is 22.1. The number of fused-ring (bicyclic) bond motifs is 2. The first kappa shape index (κ1) is 22.3. The van der Waals surface area contributed by atoms with Crippen molar-refractivity contribution in [2.75, 3.05) is 17.7 Å². The molecule has 3 heterocycles. The van der Waals surface area contributed by atoms with E-state index in [9.17, 15) is 14.4 Å². The molecule has 1 unspecified atom stereocenters. The first-order chi connectivity index (χ1) is 14.9. The molecule has 0 saturated heterocycles. The molecule has 1 aromatic rings. The number of thiophene rings is 1. The van der Waals surface area contributed by atoms with E-state index in [4.69, 9.17) is 4.74 Å². The molecule has 1 aromatic heterocycles. The molecule has 1 N–H and O–H groups in total. The molecule has 0 spiro atoms. The van der Waals surface area contributed by atoms with Crippen LogP contribution in [0.5, 0.6) is 0 Å². The van der Waals surface area contributed by atoms with Gasteiger partial charge in [-0.05, 0) is 62.5 Å². The van der Waals surface area contributed by atoms with Crippen molar-refractivity contribution in [2.24, 2.45) is 15.9 Å². The maximum Gasteiger partial charge on any atom is 0.341 e. The molecule has 3 aliphatic rings. The molecule has 1 atom stereocenters. The first-order valence-electron chi connectivity index (χ1n) is 10.2. The number of nitrogens with one attached hydrogen (secondary N) is 1. The van der Waals surface area contributed by atoms with E-state index in [1.165, 1.54) is 23.1 Å². The number of thioether (sulfide) groups is 2. The summed E-state index contributed by atoms with van der Waals surface area (Å²) in [6, 6.07) is 0. The molecular weight excluding hydrogens is 454 g/mol. The number of rotatable bonds is 5. The Morgan fingerprint density at radius 3 is 2.77 bits per heavy atom. The van der Waals surface area contributed by atoms with Crippen molar-refractivity contribution in [2.45, 2.75) is 46.5 Å². The molecule has 0 bridgehead atoms. The van der Waals surface area contributed by atoms with Gasteiger partial charge in [0.1, 0.15) is 10.9 Å². The molecule has 0 radical (unpaired) electrons. The summed E-state index contributed by atoms with van der Waals surface area (Å²) >= 11 is 4.07.